The van der Waals surface area contributed by atoms with Gasteiger partial charge in [-0.3, -0.25) is 9.78 Å². The Morgan fingerprint density at radius 3 is 2.61 bits per heavy atom. The van der Waals surface area contributed by atoms with Crippen LogP contribution in [0.3, 0.4) is 0 Å². The fourth-order valence-electron chi connectivity index (χ4n) is 2.65. The minimum absolute atomic E-state index is 0.0772. The fourth-order valence-corrected chi connectivity index (χ4v) is 2.65. The van der Waals surface area contributed by atoms with Crippen molar-refractivity contribution >= 4 is 17.4 Å². The van der Waals surface area contributed by atoms with Crippen LogP contribution in [0.5, 0.6) is 0 Å². The molecule has 0 amide bonds. The summed E-state index contributed by atoms with van der Waals surface area (Å²) in [5.74, 6) is 0.0772. The Labute approximate surface area is 104 Å². The van der Waals surface area contributed by atoms with Crippen LogP contribution in [0.2, 0.25) is 0 Å². The molecule has 2 aromatic rings. The van der Waals surface area contributed by atoms with Gasteiger partial charge in [0.2, 0.25) is 0 Å². The van der Waals surface area contributed by atoms with Gasteiger partial charge in [-0.05, 0) is 29.4 Å². The van der Waals surface area contributed by atoms with Crippen molar-refractivity contribution < 1.29 is 4.79 Å². The Bertz CT molecular complexity index is 843. The van der Waals surface area contributed by atoms with Gasteiger partial charge in [0, 0.05) is 22.6 Å². The van der Waals surface area contributed by atoms with Gasteiger partial charge in [-0.1, -0.05) is 30.3 Å². The Hall–Kier alpha value is -2.48. The third-order valence-corrected chi connectivity index (χ3v) is 3.42. The summed E-state index contributed by atoms with van der Waals surface area (Å²) >= 11 is 0. The van der Waals surface area contributed by atoms with Crippen LogP contribution in [-0.2, 0) is 0 Å². The molecule has 4 rings (SSSR count). The van der Waals surface area contributed by atoms with Crippen molar-refractivity contribution in [3.8, 4) is 0 Å². The Morgan fingerprint density at radius 1 is 0.889 bits per heavy atom. The largest absolute Gasteiger partial charge is 0.289 e. The number of carbonyl (C=O) groups is 1. The van der Waals surface area contributed by atoms with Gasteiger partial charge in [-0.15, -0.1) is 0 Å². The van der Waals surface area contributed by atoms with Crippen LogP contribution in [0.15, 0.2) is 54.2 Å². The van der Waals surface area contributed by atoms with E-state index in [2.05, 4.69) is 4.98 Å². The average Bonchev–Trinajstić information content (AvgIpc) is 2.77. The van der Waals surface area contributed by atoms with Gasteiger partial charge in [0.05, 0.1) is 5.35 Å². The second-order valence-electron chi connectivity index (χ2n) is 4.47. The SMILES string of the molecule is O=C1C=C2C=c3cccnc3=C2c2ccccc21. The van der Waals surface area contributed by atoms with Crippen LogP contribution in [0.25, 0.3) is 11.6 Å². The first-order valence-corrected chi connectivity index (χ1v) is 5.87. The number of hydrogen-bond donors (Lipinski definition) is 0. The highest BCUT2D eigenvalue weighted by atomic mass is 16.1. The van der Waals surface area contributed by atoms with Crippen LogP contribution in [-0.4, -0.2) is 10.8 Å². The van der Waals surface area contributed by atoms with E-state index in [1.54, 1.807) is 12.3 Å². The van der Waals surface area contributed by atoms with Gasteiger partial charge in [-0.25, -0.2) is 0 Å². The molecule has 18 heavy (non-hydrogen) atoms. The summed E-state index contributed by atoms with van der Waals surface area (Å²) in [4.78, 5) is 16.5. The fraction of sp³-hybridized carbons (Fsp3) is 0. The molecule has 0 bridgehead atoms. The van der Waals surface area contributed by atoms with Crippen molar-refractivity contribution in [1.29, 1.82) is 0 Å². The molecule has 1 aromatic heterocycles. The normalized spacial score (nSPS) is 15.4. The van der Waals surface area contributed by atoms with Crippen molar-refractivity contribution in [3.05, 3.63) is 75.9 Å². The van der Waals surface area contributed by atoms with Crippen LogP contribution < -0.4 is 10.6 Å². The zero-order valence-electron chi connectivity index (χ0n) is 9.55. The van der Waals surface area contributed by atoms with Crippen LogP contribution >= 0.6 is 0 Å². The number of fused-ring (bicyclic) bond motifs is 4. The molecule has 0 unspecified atom stereocenters. The molecule has 0 radical (unpaired) electrons. The zero-order valence-corrected chi connectivity index (χ0v) is 9.55. The number of ketones is 1. The number of benzene rings is 1. The van der Waals surface area contributed by atoms with Crippen molar-refractivity contribution in [2.45, 2.75) is 0 Å². The number of hydrogen-bond acceptors (Lipinski definition) is 2. The maximum atomic E-state index is 12.0. The highest BCUT2D eigenvalue weighted by Crippen LogP contribution is 2.31. The number of aromatic nitrogens is 1. The molecule has 2 nitrogen and oxygen atoms in total. The molecule has 2 heteroatoms. The molecule has 0 N–H and O–H groups in total. The Kier molecular flexibility index (Phi) is 1.73. The quantitative estimate of drug-likeness (QED) is 0.682. The number of pyridine rings is 1. The third-order valence-electron chi connectivity index (χ3n) is 3.42. The first-order chi connectivity index (χ1) is 8.84. The van der Waals surface area contributed by atoms with E-state index in [0.717, 1.165) is 32.8 Å². The molecule has 0 saturated carbocycles. The number of carbonyl (C=O) groups excluding carboxylic acids is 1. The van der Waals surface area contributed by atoms with Crippen molar-refractivity contribution in [3.63, 3.8) is 0 Å². The molecule has 0 saturated heterocycles. The first-order valence-electron chi connectivity index (χ1n) is 5.87. The van der Waals surface area contributed by atoms with E-state index in [0.29, 0.717) is 0 Å². The van der Waals surface area contributed by atoms with E-state index >= 15 is 0 Å². The number of allylic oxidation sites excluding steroid dienone is 2. The van der Waals surface area contributed by atoms with E-state index in [9.17, 15) is 4.79 Å². The van der Waals surface area contributed by atoms with Crippen LogP contribution in [0, 0.1) is 0 Å². The Balaban J connectivity index is 2.22. The highest BCUT2D eigenvalue weighted by Gasteiger charge is 2.24. The predicted molar refractivity (Wildman–Crippen MR) is 69.3 cm³/mol. The lowest BCUT2D eigenvalue weighted by Gasteiger charge is -2.14. The van der Waals surface area contributed by atoms with Gasteiger partial charge in [0.1, 0.15) is 0 Å². The van der Waals surface area contributed by atoms with E-state index in [4.69, 9.17) is 0 Å². The van der Waals surface area contributed by atoms with E-state index in [1.807, 2.05) is 42.5 Å². The van der Waals surface area contributed by atoms with Crippen molar-refractivity contribution in [2.75, 3.05) is 0 Å². The maximum absolute atomic E-state index is 12.0. The molecular weight excluding hydrogens is 222 g/mol. The molecule has 0 fully saturated rings. The summed E-state index contributed by atoms with van der Waals surface area (Å²) in [6, 6.07) is 11.7. The molecule has 84 valence electrons. The molecule has 1 heterocycles. The average molecular weight is 231 g/mol. The monoisotopic (exact) mass is 231 g/mol. The second kappa shape index (κ2) is 3.26. The number of nitrogens with zero attached hydrogens (tertiary/aromatic N) is 1. The molecule has 0 aliphatic heterocycles. The maximum Gasteiger partial charge on any atom is 0.187 e. The second-order valence-corrected chi connectivity index (χ2v) is 4.47. The van der Waals surface area contributed by atoms with Gasteiger partial charge >= 0.3 is 0 Å². The molecular formula is C16H9NO. The van der Waals surface area contributed by atoms with E-state index < -0.39 is 0 Å². The number of rotatable bonds is 0. The van der Waals surface area contributed by atoms with E-state index in [-0.39, 0.29) is 5.78 Å². The minimum Gasteiger partial charge on any atom is -0.289 e. The molecule has 1 aromatic carbocycles. The zero-order chi connectivity index (χ0) is 12.1. The van der Waals surface area contributed by atoms with Crippen molar-refractivity contribution in [2.24, 2.45) is 0 Å². The van der Waals surface area contributed by atoms with Crippen molar-refractivity contribution in [1.82, 2.24) is 4.98 Å². The summed E-state index contributed by atoms with van der Waals surface area (Å²) in [7, 11) is 0. The summed E-state index contributed by atoms with van der Waals surface area (Å²) in [5.41, 5.74) is 3.82. The van der Waals surface area contributed by atoms with Gasteiger partial charge in [0.15, 0.2) is 5.78 Å². The molecule has 0 atom stereocenters. The lowest BCUT2D eigenvalue weighted by atomic mass is 9.88. The van der Waals surface area contributed by atoms with Gasteiger partial charge in [-0.2, -0.15) is 0 Å². The summed E-state index contributed by atoms with van der Waals surface area (Å²) < 4.78 is 0. The van der Waals surface area contributed by atoms with Gasteiger partial charge < -0.3 is 0 Å². The smallest absolute Gasteiger partial charge is 0.187 e. The third kappa shape index (κ3) is 1.12. The van der Waals surface area contributed by atoms with Crippen LogP contribution in [0.1, 0.15) is 15.9 Å². The highest BCUT2D eigenvalue weighted by molar-refractivity contribution is 6.16. The lowest BCUT2D eigenvalue weighted by molar-refractivity contribution is 0.104. The summed E-state index contributed by atoms with van der Waals surface area (Å²) in [5, 5.41) is 2.06. The molecule has 0 spiro atoms. The molecule has 2 aliphatic rings. The predicted octanol–water partition coefficient (Wildman–Crippen LogP) is 1.20. The van der Waals surface area contributed by atoms with Crippen LogP contribution in [0.4, 0.5) is 0 Å². The van der Waals surface area contributed by atoms with E-state index in [1.165, 1.54) is 0 Å². The summed E-state index contributed by atoms with van der Waals surface area (Å²) in [6.07, 6.45) is 5.53. The first kappa shape index (κ1) is 9.54. The standard InChI is InChI=1S/C16H9NO/c18-14-9-11-8-10-4-3-7-17-16(10)15(11)13-6-2-1-5-12(13)14/h1-9H. The molecule has 2 aliphatic carbocycles. The van der Waals surface area contributed by atoms with Gasteiger partial charge in [0.25, 0.3) is 0 Å². The summed E-state index contributed by atoms with van der Waals surface area (Å²) in [6.45, 7) is 0. The lowest BCUT2D eigenvalue weighted by Crippen LogP contribution is -2.26. The topological polar surface area (TPSA) is 30.0 Å². The Morgan fingerprint density at radius 2 is 1.72 bits per heavy atom. The minimum atomic E-state index is 0.0772.